The van der Waals surface area contributed by atoms with Gasteiger partial charge in [0.05, 0.1) is 0 Å². The van der Waals surface area contributed by atoms with Gasteiger partial charge in [0.1, 0.15) is 0 Å². The molecule has 0 atom stereocenters. The van der Waals surface area contributed by atoms with E-state index in [-0.39, 0.29) is 0 Å². The summed E-state index contributed by atoms with van der Waals surface area (Å²) in [6, 6.07) is 10.6. The third-order valence-electron chi connectivity index (χ3n) is 2.54. The second-order valence-electron chi connectivity index (χ2n) is 3.34. The molecule has 0 saturated carbocycles. The Hall–Kier alpha value is -1.30. The van der Waals surface area contributed by atoms with E-state index in [4.69, 9.17) is 0 Å². The van der Waals surface area contributed by atoms with Crippen molar-refractivity contribution in [3.8, 4) is 0 Å². The quantitative estimate of drug-likeness (QED) is 0.633. The van der Waals surface area contributed by atoms with Gasteiger partial charge in [-0.3, -0.25) is 0 Å². The molecular weight excluding hydrogens is 156 g/mol. The van der Waals surface area contributed by atoms with Crippen LogP contribution in [-0.4, -0.2) is 0 Å². The molecule has 0 spiro atoms. The van der Waals surface area contributed by atoms with Crippen molar-refractivity contribution in [1.29, 1.82) is 0 Å². The normalized spacial score (nSPS) is 15.5. The van der Waals surface area contributed by atoms with Crippen molar-refractivity contribution in [2.75, 3.05) is 0 Å². The van der Waals surface area contributed by atoms with Gasteiger partial charge in [0, 0.05) is 0 Å². The first-order valence-electron chi connectivity index (χ1n) is 4.86. The fourth-order valence-electron chi connectivity index (χ4n) is 1.80. The zero-order chi connectivity index (χ0) is 9.10. The third kappa shape index (κ3) is 1.57. The maximum Gasteiger partial charge on any atom is -0.0126 e. The fourth-order valence-corrected chi connectivity index (χ4v) is 1.80. The van der Waals surface area contributed by atoms with Crippen LogP contribution in [-0.2, 0) is 0 Å². The van der Waals surface area contributed by atoms with Crippen LogP contribution in [0.25, 0.3) is 5.57 Å². The summed E-state index contributed by atoms with van der Waals surface area (Å²) < 4.78 is 0. The highest BCUT2D eigenvalue weighted by atomic mass is 14.1. The summed E-state index contributed by atoms with van der Waals surface area (Å²) in [7, 11) is 0. The lowest BCUT2D eigenvalue weighted by atomic mass is 10.0. The first kappa shape index (κ1) is 8.31. The highest BCUT2D eigenvalue weighted by Gasteiger charge is 2.08. The molecule has 0 aromatic heterocycles. The predicted molar refractivity (Wildman–Crippen MR) is 57.4 cm³/mol. The summed E-state index contributed by atoms with van der Waals surface area (Å²) in [6.07, 6.45) is 6.80. The summed E-state index contributed by atoms with van der Waals surface area (Å²) >= 11 is 0. The summed E-state index contributed by atoms with van der Waals surface area (Å²) in [5.41, 5.74) is 4.35. The third-order valence-corrected chi connectivity index (χ3v) is 2.54. The minimum absolute atomic E-state index is 1.14. The largest absolute Gasteiger partial charge is 0.0798 e. The van der Waals surface area contributed by atoms with Gasteiger partial charge in [0.25, 0.3) is 0 Å². The van der Waals surface area contributed by atoms with Gasteiger partial charge in [0.2, 0.25) is 0 Å². The number of hydrogen-bond donors (Lipinski definition) is 0. The second-order valence-corrected chi connectivity index (χ2v) is 3.34. The molecule has 0 fully saturated rings. The summed E-state index contributed by atoms with van der Waals surface area (Å²) in [5, 5.41) is 0. The van der Waals surface area contributed by atoms with E-state index in [1.54, 1.807) is 5.57 Å². The Morgan fingerprint density at radius 2 is 1.92 bits per heavy atom. The minimum atomic E-state index is 1.14. The SMILES string of the molecule is CCC1=C(c2ccccc2)C=CC1. The Balaban J connectivity index is 2.41. The molecule has 13 heavy (non-hydrogen) atoms. The molecule has 1 aromatic carbocycles. The maximum atomic E-state index is 2.25. The van der Waals surface area contributed by atoms with Crippen LogP contribution in [0.3, 0.4) is 0 Å². The predicted octanol–water partition coefficient (Wildman–Crippen LogP) is 3.81. The van der Waals surface area contributed by atoms with Gasteiger partial charge >= 0.3 is 0 Å². The molecule has 0 aliphatic heterocycles. The lowest BCUT2D eigenvalue weighted by molar-refractivity contribution is 1.05. The Kier molecular flexibility index (Phi) is 2.31. The molecule has 2 rings (SSSR count). The fraction of sp³-hybridized carbons (Fsp3) is 0.231. The number of benzene rings is 1. The first-order valence-corrected chi connectivity index (χ1v) is 4.86. The van der Waals surface area contributed by atoms with Crippen molar-refractivity contribution in [2.24, 2.45) is 0 Å². The molecule has 1 aromatic rings. The van der Waals surface area contributed by atoms with Crippen LogP contribution in [0.15, 0.2) is 48.1 Å². The van der Waals surface area contributed by atoms with E-state index in [0.29, 0.717) is 0 Å². The molecule has 0 nitrogen and oxygen atoms in total. The zero-order valence-corrected chi connectivity index (χ0v) is 7.96. The molecule has 0 heteroatoms. The van der Waals surface area contributed by atoms with E-state index in [1.807, 2.05) is 0 Å². The first-order chi connectivity index (χ1) is 6.42. The van der Waals surface area contributed by atoms with Gasteiger partial charge in [-0.25, -0.2) is 0 Å². The zero-order valence-electron chi connectivity index (χ0n) is 7.96. The van der Waals surface area contributed by atoms with E-state index < -0.39 is 0 Å². The molecule has 0 heterocycles. The molecule has 0 N–H and O–H groups in total. The summed E-state index contributed by atoms with van der Waals surface area (Å²) in [5.74, 6) is 0. The number of allylic oxidation sites excluding steroid dienone is 4. The van der Waals surface area contributed by atoms with E-state index in [1.165, 1.54) is 11.1 Å². The molecular formula is C13H14. The monoisotopic (exact) mass is 170 g/mol. The maximum absolute atomic E-state index is 2.25. The van der Waals surface area contributed by atoms with E-state index in [2.05, 4.69) is 49.4 Å². The lowest BCUT2D eigenvalue weighted by Crippen LogP contribution is -1.83. The summed E-state index contributed by atoms with van der Waals surface area (Å²) in [4.78, 5) is 0. The molecule has 0 radical (unpaired) electrons. The smallest absolute Gasteiger partial charge is 0.0126 e. The number of hydrogen-bond acceptors (Lipinski definition) is 0. The van der Waals surface area contributed by atoms with E-state index in [9.17, 15) is 0 Å². The Labute approximate surface area is 79.6 Å². The number of rotatable bonds is 2. The van der Waals surface area contributed by atoms with Crippen molar-refractivity contribution < 1.29 is 0 Å². The Morgan fingerprint density at radius 3 is 2.62 bits per heavy atom. The second kappa shape index (κ2) is 3.61. The van der Waals surface area contributed by atoms with Crippen LogP contribution < -0.4 is 0 Å². The van der Waals surface area contributed by atoms with Crippen molar-refractivity contribution in [3.05, 3.63) is 53.6 Å². The summed E-state index contributed by atoms with van der Waals surface area (Å²) in [6.45, 7) is 2.23. The standard InChI is InChI=1S/C13H14/c1-2-11-9-6-10-13(11)12-7-4-3-5-8-12/h3-8,10H,2,9H2,1H3. The Morgan fingerprint density at radius 1 is 1.15 bits per heavy atom. The van der Waals surface area contributed by atoms with E-state index in [0.717, 1.165) is 12.8 Å². The average molecular weight is 170 g/mol. The van der Waals surface area contributed by atoms with Crippen LogP contribution >= 0.6 is 0 Å². The topological polar surface area (TPSA) is 0 Å². The lowest BCUT2D eigenvalue weighted by Gasteiger charge is -2.04. The molecule has 0 amide bonds. The van der Waals surface area contributed by atoms with Gasteiger partial charge in [-0.2, -0.15) is 0 Å². The molecule has 0 saturated heterocycles. The van der Waals surface area contributed by atoms with Gasteiger partial charge < -0.3 is 0 Å². The average Bonchev–Trinajstić information content (AvgIpc) is 2.67. The van der Waals surface area contributed by atoms with Gasteiger partial charge in [-0.05, 0) is 24.0 Å². The molecule has 0 bridgehead atoms. The molecule has 1 aliphatic carbocycles. The molecule has 0 unspecified atom stereocenters. The molecule has 66 valence electrons. The van der Waals surface area contributed by atoms with Crippen molar-refractivity contribution in [1.82, 2.24) is 0 Å². The highest BCUT2D eigenvalue weighted by molar-refractivity contribution is 5.79. The van der Waals surface area contributed by atoms with Gasteiger partial charge in [-0.1, -0.05) is 55.0 Å². The van der Waals surface area contributed by atoms with Crippen LogP contribution in [0.4, 0.5) is 0 Å². The molecule has 1 aliphatic rings. The van der Waals surface area contributed by atoms with Gasteiger partial charge in [0.15, 0.2) is 0 Å². The minimum Gasteiger partial charge on any atom is -0.0798 e. The van der Waals surface area contributed by atoms with Crippen molar-refractivity contribution >= 4 is 5.57 Å². The van der Waals surface area contributed by atoms with E-state index >= 15 is 0 Å². The van der Waals surface area contributed by atoms with Crippen LogP contribution in [0.1, 0.15) is 25.3 Å². The Bertz CT molecular complexity index is 342. The van der Waals surface area contributed by atoms with Gasteiger partial charge in [-0.15, -0.1) is 0 Å². The van der Waals surface area contributed by atoms with Crippen molar-refractivity contribution in [3.63, 3.8) is 0 Å². The van der Waals surface area contributed by atoms with Crippen LogP contribution in [0, 0.1) is 0 Å². The van der Waals surface area contributed by atoms with Crippen molar-refractivity contribution in [2.45, 2.75) is 19.8 Å². The highest BCUT2D eigenvalue weighted by Crippen LogP contribution is 2.29. The van der Waals surface area contributed by atoms with Crippen LogP contribution in [0.5, 0.6) is 0 Å². The van der Waals surface area contributed by atoms with Crippen LogP contribution in [0.2, 0.25) is 0 Å².